The number of amides is 2. The Bertz CT molecular complexity index is 1310. The summed E-state index contributed by atoms with van der Waals surface area (Å²) in [7, 11) is 0. The Balaban J connectivity index is 1.11. The third kappa shape index (κ3) is 4.94. The first-order chi connectivity index (χ1) is 19.0. The van der Waals surface area contributed by atoms with Crippen molar-refractivity contribution in [1.29, 1.82) is 0 Å². The molecule has 1 N–H and O–H groups in total. The van der Waals surface area contributed by atoms with E-state index in [1.54, 1.807) is 18.4 Å². The minimum absolute atomic E-state index is 0.0527. The Morgan fingerprint density at radius 1 is 0.974 bits per heavy atom. The molecule has 39 heavy (non-hydrogen) atoms. The molecule has 7 nitrogen and oxygen atoms in total. The maximum atomic E-state index is 13.1. The van der Waals surface area contributed by atoms with Gasteiger partial charge in [-0.25, -0.2) is 0 Å². The fourth-order valence-electron chi connectivity index (χ4n) is 6.82. The van der Waals surface area contributed by atoms with Crippen molar-refractivity contribution in [1.82, 2.24) is 15.1 Å². The van der Waals surface area contributed by atoms with Gasteiger partial charge in [-0.1, -0.05) is 41.9 Å². The van der Waals surface area contributed by atoms with Crippen LogP contribution in [0.5, 0.6) is 0 Å². The van der Waals surface area contributed by atoms with Gasteiger partial charge in [-0.3, -0.25) is 9.59 Å². The molecule has 4 heterocycles. The van der Waals surface area contributed by atoms with Crippen molar-refractivity contribution in [2.75, 3.05) is 44.3 Å². The minimum Gasteiger partial charge on any atom is -0.459 e. The lowest BCUT2D eigenvalue weighted by molar-refractivity contribution is -0.125. The number of nitrogens with one attached hydrogen (secondary N) is 1. The number of likely N-dealkylation sites (tertiary alicyclic amines) is 2. The van der Waals surface area contributed by atoms with Gasteiger partial charge in [-0.15, -0.1) is 0 Å². The molecule has 1 spiro atoms. The summed E-state index contributed by atoms with van der Waals surface area (Å²) >= 11 is 6.41. The second-order valence-corrected chi connectivity index (χ2v) is 11.6. The number of piperidine rings is 1. The number of hydrogen-bond acceptors (Lipinski definition) is 5. The average Bonchev–Trinajstić information content (AvgIpc) is 3.71. The number of halogens is 1. The molecule has 3 fully saturated rings. The van der Waals surface area contributed by atoms with Crippen LogP contribution in [0.4, 0.5) is 5.69 Å². The third-order valence-corrected chi connectivity index (χ3v) is 9.26. The van der Waals surface area contributed by atoms with E-state index in [1.165, 1.54) is 5.56 Å². The first-order valence-electron chi connectivity index (χ1n) is 13.9. The van der Waals surface area contributed by atoms with Gasteiger partial charge in [0.15, 0.2) is 5.76 Å². The van der Waals surface area contributed by atoms with Crippen molar-refractivity contribution >= 4 is 29.1 Å². The molecule has 3 aliphatic heterocycles. The van der Waals surface area contributed by atoms with Gasteiger partial charge in [0.05, 0.1) is 12.9 Å². The zero-order valence-electron chi connectivity index (χ0n) is 22.2. The highest BCUT2D eigenvalue weighted by molar-refractivity contribution is 6.30. The molecule has 3 aromatic rings. The smallest absolute Gasteiger partial charge is 0.289 e. The summed E-state index contributed by atoms with van der Waals surface area (Å²) < 4.78 is 5.39. The van der Waals surface area contributed by atoms with E-state index in [2.05, 4.69) is 39.4 Å². The van der Waals surface area contributed by atoms with Crippen LogP contribution in [0.25, 0.3) is 0 Å². The minimum atomic E-state index is -0.460. The fraction of sp³-hybridized carbons (Fsp3) is 0.419. The van der Waals surface area contributed by atoms with E-state index in [4.69, 9.17) is 16.0 Å². The fourth-order valence-corrected chi connectivity index (χ4v) is 7.01. The number of furan rings is 1. The van der Waals surface area contributed by atoms with E-state index in [0.29, 0.717) is 25.5 Å². The highest BCUT2D eigenvalue weighted by Crippen LogP contribution is 2.41. The van der Waals surface area contributed by atoms with Gasteiger partial charge >= 0.3 is 0 Å². The van der Waals surface area contributed by atoms with Crippen LogP contribution in [0.1, 0.15) is 48.2 Å². The molecule has 1 atom stereocenters. The molecule has 2 aromatic carbocycles. The Kier molecular flexibility index (Phi) is 7.12. The lowest BCUT2D eigenvalue weighted by atomic mass is 9.76. The molecule has 3 saturated heterocycles. The summed E-state index contributed by atoms with van der Waals surface area (Å²) in [6.07, 6.45) is 6.06. The normalized spacial score (nSPS) is 22.9. The molecular weight excluding hydrogens is 512 g/mol. The van der Waals surface area contributed by atoms with Crippen molar-refractivity contribution in [2.45, 2.75) is 43.1 Å². The SMILES string of the molecule is O=C(c1ccco1)N1CCC(CCCN2CCC3(CC2)C(=O)NCN3c2ccccc2)(c2cccc(Cl)c2)C1. The Morgan fingerprint density at radius 3 is 2.54 bits per heavy atom. The number of carbonyl (C=O) groups is 2. The second-order valence-electron chi connectivity index (χ2n) is 11.1. The number of anilines is 1. The van der Waals surface area contributed by atoms with E-state index in [9.17, 15) is 9.59 Å². The predicted molar refractivity (Wildman–Crippen MR) is 152 cm³/mol. The van der Waals surface area contributed by atoms with Gasteiger partial charge in [0, 0.05) is 42.3 Å². The first-order valence-corrected chi connectivity index (χ1v) is 14.3. The van der Waals surface area contributed by atoms with Gasteiger partial charge in [-0.05, 0) is 80.6 Å². The summed E-state index contributed by atoms with van der Waals surface area (Å²) in [4.78, 5) is 32.7. The van der Waals surface area contributed by atoms with Gasteiger partial charge in [0.1, 0.15) is 5.54 Å². The molecule has 6 rings (SSSR count). The number of para-hydroxylation sites is 1. The van der Waals surface area contributed by atoms with Crippen LogP contribution < -0.4 is 10.2 Å². The molecule has 0 aliphatic carbocycles. The lowest BCUT2D eigenvalue weighted by Crippen LogP contribution is -2.56. The quantitative estimate of drug-likeness (QED) is 0.455. The molecule has 3 aliphatic rings. The van der Waals surface area contributed by atoms with Crippen LogP contribution in [0.3, 0.4) is 0 Å². The van der Waals surface area contributed by atoms with E-state index >= 15 is 0 Å². The average molecular weight is 547 g/mol. The summed E-state index contributed by atoms with van der Waals surface area (Å²) in [6.45, 7) is 4.68. The summed E-state index contributed by atoms with van der Waals surface area (Å²) in [5.74, 6) is 0.487. The molecule has 0 bridgehead atoms. The van der Waals surface area contributed by atoms with Gasteiger partial charge in [0.25, 0.3) is 5.91 Å². The van der Waals surface area contributed by atoms with Crippen LogP contribution in [0, 0.1) is 0 Å². The molecule has 204 valence electrons. The van der Waals surface area contributed by atoms with Crippen LogP contribution >= 0.6 is 11.6 Å². The molecule has 0 saturated carbocycles. The van der Waals surface area contributed by atoms with Gasteiger partial charge < -0.3 is 24.4 Å². The van der Waals surface area contributed by atoms with Crippen LogP contribution in [0.15, 0.2) is 77.4 Å². The van der Waals surface area contributed by atoms with Crippen LogP contribution in [0.2, 0.25) is 5.02 Å². The largest absolute Gasteiger partial charge is 0.459 e. The monoisotopic (exact) mass is 546 g/mol. The predicted octanol–water partition coefficient (Wildman–Crippen LogP) is 4.93. The molecule has 2 amide bonds. The Labute approximate surface area is 234 Å². The van der Waals surface area contributed by atoms with Crippen LogP contribution in [-0.4, -0.2) is 66.5 Å². The molecule has 8 heteroatoms. The van der Waals surface area contributed by atoms with Gasteiger partial charge in [-0.2, -0.15) is 0 Å². The maximum absolute atomic E-state index is 13.1. The van der Waals surface area contributed by atoms with E-state index in [0.717, 1.165) is 62.4 Å². The number of carbonyl (C=O) groups excluding carboxylic acids is 2. The number of rotatable bonds is 7. The standard InChI is InChI=1S/C31H35ClN4O3/c32-25-8-4-7-24(21-25)30(13-19-35(22-30)28(37)27-11-5-20-39-27)12-6-16-34-17-14-31(15-18-34)29(38)33-23-36(31)26-9-2-1-3-10-26/h1-5,7-11,20-21H,6,12-19,22-23H2,(H,33,38). The zero-order valence-corrected chi connectivity index (χ0v) is 22.9. The summed E-state index contributed by atoms with van der Waals surface area (Å²) in [6, 6.07) is 21.9. The Morgan fingerprint density at radius 2 is 1.79 bits per heavy atom. The molecule has 1 aromatic heterocycles. The zero-order chi connectivity index (χ0) is 26.9. The molecule has 1 unspecified atom stereocenters. The van der Waals surface area contributed by atoms with Crippen LogP contribution in [-0.2, 0) is 10.2 Å². The van der Waals surface area contributed by atoms with Crippen molar-refractivity contribution in [2.24, 2.45) is 0 Å². The van der Waals surface area contributed by atoms with Gasteiger partial charge in [0.2, 0.25) is 5.91 Å². The maximum Gasteiger partial charge on any atom is 0.289 e. The summed E-state index contributed by atoms with van der Waals surface area (Å²) in [5.41, 5.74) is 1.70. The van der Waals surface area contributed by atoms with E-state index in [1.807, 2.05) is 35.2 Å². The van der Waals surface area contributed by atoms with Crippen molar-refractivity contribution in [3.8, 4) is 0 Å². The third-order valence-electron chi connectivity index (χ3n) is 9.03. The highest BCUT2D eigenvalue weighted by Gasteiger charge is 2.50. The summed E-state index contributed by atoms with van der Waals surface area (Å²) in [5, 5.41) is 3.82. The molecular formula is C31H35ClN4O3. The first kappa shape index (κ1) is 26.0. The number of hydrogen-bond donors (Lipinski definition) is 1. The lowest BCUT2D eigenvalue weighted by Gasteiger charge is -2.43. The topological polar surface area (TPSA) is 69.0 Å². The van der Waals surface area contributed by atoms with Crippen molar-refractivity contribution in [3.63, 3.8) is 0 Å². The molecule has 0 radical (unpaired) electrons. The number of nitrogens with zero attached hydrogens (tertiary/aromatic N) is 3. The van der Waals surface area contributed by atoms with E-state index in [-0.39, 0.29) is 17.2 Å². The second kappa shape index (κ2) is 10.7. The van der Waals surface area contributed by atoms with Crippen molar-refractivity contribution in [3.05, 3.63) is 89.3 Å². The van der Waals surface area contributed by atoms with E-state index < -0.39 is 5.54 Å². The number of benzene rings is 2. The Hall–Kier alpha value is -3.29. The van der Waals surface area contributed by atoms with Crippen molar-refractivity contribution < 1.29 is 14.0 Å². The highest BCUT2D eigenvalue weighted by atomic mass is 35.5.